The number of rotatable bonds is 13. The minimum atomic E-state index is -4.54. The van der Waals surface area contributed by atoms with Crippen molar-refractivity contribution in [1.29, 1.82) is 0 Å². The zero-order valence-corrected chi connectivity index (χ0v) is 21.7. The second-order valence-corrected chi connectivity index (χ2v) is 11.7. The van der Waals surface area contributed by atoms with Gasteiger partial charge in [-0.1, -0.05) is 36.4 Å². The van der Waals surface area contributed by atoms with Crippen molar-refractivity contribution in [2.45, 2.75) is 40.0 Å². The fourth-order valence-electron chi connectivity index (χ4n) is 3.59. The van der Waals surface area contributed by atoms with Gasteiger partial charge in [-0.2, -0.15) is 8.42 Å². The minimum absolute atomic E-state index is 0.209. The standard InChI is InChI=1S/C27H28N2O6S2/c30-19-9-3-8-18-28-27(32)25(20-37(33,34)35)29-26(31)21-14-16-24(17-15-21)36(22-10-4-1-5-11-22)23-12-6-2-7-13-23/h1-2,4-7,10-17,19,25H,3,8-9,18,20H2,(H2-,28,29,31,32,33,34,35)/p+1/t25-/m0/s1. The Balaban J connectivity index is 1.76. The second-order valence-electron chi connectivity index (χ2n) is 8.18. The lowest BCUT2D eigenvalue weighted by molar-refractivity contribution is -0.122. The molecule has 3 aromatic carbocycles. The molecule has 0 spiro atoms. The van der Waals surface area contributed by atoms with E-state index in [-0.39, 0.29) is 12.1 Å². The highest BCUT2D eigenvalue weighted by Crippen LogP contribution is 2.31. The van der Waals surface area contributed by atoms with Crippen LogP contribution in [0.1, 0.15) is 29.6 Å². The Morgan fingerprint density at radius 1 is 0.838 bits per heavy atom. The molecule has 8 nitrogen and oxygen atoms in total. The van der Waals surface area contributed by atoms with Crippen molar-refractivity contribution in [3.05, 3.63) is 90.5 Å². The molecule has 0 saturated heterocycles. The SMILES string of the molecule is O=CCCCCNC(=O)[C@H](CS(=O)(=O)O)NC(=O)c1ccc([S+](c2ccccc2)c2ccccc2)cc1. The molecule has 0 aliphatic rings. The Hall–Kier alpha value is -3.47. The van der Waals surface area contributed by atoms with E-state index in [4.69, 9.17) is 0 Å². The van der Waals surface area contributed by atoms with Gasteiger partial charge in [-0.15, -0.1) is 0 Å². The quantitative estimate of drug-likeness (QED) is 0.132. The summed E-state index contributed by atoms with van der Waals surface area (Å²) in [4.78, 5) is 39.0. The molecule has 2 amide bonds. The third kappa shape index (κ3) is 8.85. The molecule has 37 heavy (non-hydrogen) atoms. The Morgan fingerprint density at radius 2 is 1.38 bits per heavy atom. The first-order valence-corrected chi connectivity index (χ1v) is 14.5. The average Bonchev–Trinajstić information content (AvgIpc) is 2.89. The highest BCUT2D eigenvalue weighted by Gasteiger charge is 2.29. The van der Waals surface area contributed by atoms with Crippen molar-refractivity contribution < 1.29 is 27.4 Å². The summed E-state index contributed by atoms with van der Waals surface area (Å²) in [6.07, 6.45) is 2.21. The van der Waals surface area contributed by atoms with Gasteiger partial charge in [-0.05, 0) is 61.4 Å². The number of carbonyl (C=O) groups excluding carboxylic acids is 3. The van der Waals surface area contributed by atoms with Crippen LogP contribution in [0.15, 0.2) is 99.6 Å². The van der Waals surface area contributed by atoms with Crippen molar-refractivity contribution in [3.8, 4) is 0 Å². The van der Waals surface area contributed by atoms with E-state index in [2.05, 4.69) is 10.6 Å². The summed E-state index contributed by atoms with van der Waals surface area (Å²) in [7, 11) is -4.94. The molecule has 0 bridgehead atoms. The van der Waals surface area contributed by atoms with Crippen LogP contribution in [0.25, 0.3) is 0 Å². The fraction of sp³-hybridized carbons (Fsp3) is 0.222. The molecule has 194 valence electrons. The molecule has 0 heterocycles. The van der Waals surface area contributed by atoms with Crippen LogP contribution in [0.2, 0.25) is 0 Å². The van der Waals surface area contributed by atoms with Gasteiger partial charge in [-0.25, -0.2) is 0 Å². The Bertz CT molecular complexity index is 1240. The summed E-state index contributed by atoms with van der Waals surface area (Å²) < 4.78 is 32.2. The number of hydrogen-bond acceptors (Lipinski definition) is 5. The maximum Gasteiger partial charge on any atom is 0.267 e. The zero-order chi connectivity index (χ0) is 26.7. The van der Waals surface area contributed by atoms with E-state index in [1.54, 1.807) is 12.1 Å². The summed E-state index contributed by atoms with van der Waals surface area (Å²) in [6.45, 7) is 0.209. The number of aldehydes is 1. The van der Waals surface area contributed by atoms with Crippen LogP contribution < -0.4 is 10.6 Å². The summed E-state index contributed by atoms with van der Waals surface area (Å²) in [5.41, 5.74) is 0.243. The highest BCUT2D eigenvalue weighted by molar-refractivity contribution is 7.97. The van der Waals surface area contributed by atoms with E-state index in [1.807, 2.05) is 72.8 Å². The van der Waals surface area contributed by atoms with Crippen LogP contribution in [0, 0.1) is 0 Å². The topological polar surface area (TPSA) is 130 Å². The van der Waals surface area contributed by atoms with E-state index >= 15 is 0 Å². The summed E-state index contributed by atoms with van der Waals surface area (Å²) >= 11 is 0. The van der Waals surface area contributed by atoms with Crippen LogP contribution in [-0.4, -0.2) is 49.4 Å². The van der Waals surface area contributed by atoms with E-state index in [0.29, 0.717) is 19.3 Å². The Kier molecular flexibility index (Phi) is 10.4. The fourth-order valence-corrected chi connectivity index (χ4v) is 6.33. The predicted molar refractivity (Wildman–Crippen MR) is 142 cm³/mol. The molecule has 0 unspecified atom stereocenters. The lowest BCUT2D eigenvalue weighted by Gasteiger charge is -2.17. The molecular weight excluding hydrogens is 512 g/mol. The molecule has 0 radical (unpaired) electrons. The van der Waals surface area contributed by atoms with Crippen LogP contribution in [0.5, 0.6) is 0 Å². The van der Waals surface area contributed by atoms with Gasteiger partial charge in [0.2, 0.25) is 5.91 Å². The van der Waals surface area contributed by atoms with Gasteiger partial charge in [0.15, 0.2) is 14.7 Å². The first-order valence-electron chi connectivity index (χ1n) is 11.7. The molecule has 10 heteroatoms. The molecule has 1 atom stereocenters. The van der Waals surface area contributed by atoms with Crippen molar-refractivity contribution in [2.24, 2.45) is 0 Å². The Morgan fingerprint density at radius 3 is 1.89 bits per heavy atom. The van der Waals surface area contributed by atoms with E-state index in [9.17, 15) is 27.4 Å². The van der Waals surface area contributed by atoms with Crippen molar-refractivity contribution in [2.75, 3.05) is 12.3 Å². The van der Waals surface area contributed by atoms with Gasteiger partial charge in [0, 0.05) is 18.5 Å². The van der Waals surface area contributed by atoms with Crippen molar-refractivity contribution in [1.82, 2.24) is 10.6 Å². The minimum Gasteiger partial charge on any atom is -0.354 e. The van der Waals surface area contributed by atoms with E-state index < -0.39 is 44.6 Å². The molecule has 3 rings (SSSR count). The van der Waals surface area contributed by atoms with Crippen LogP contribution in [0.3, 0.4) is 0 Å². The average molecular weight is 542 g/mol. The summed E-state index contributed by atoms with van der Waals surface area (Å²) in [5, 5.41) is 4.95. The summed E-state index contributed by atoms with van der Waals surface area (Å²) in [5.74, 6) is -2.33. The lowest BCUT2D eigenvalue weighted by Crippen LogP contribution is -2.50. The van der Waals surface area contributed by atoms with Crippen LogP contribution >= 0.6 is 0 Å². The normalized spacial score (nSPS) is 12.1. The van der Waals surface area contributed by atoms with Gasteiger partial charge in [0.05, 0.1) is 10.9 Å². The third-order valence-corrected chi connectivity index (χ3v) is 8.34. The molecule has 3 aromatic rings. The molecule has 0 aliphatic heterocycles. The molecule has 0 aliphatic carbocycles. The van der Waals surface area contributed by atoms with Crippen molar-refractivity contribution in [3.63, 3.8) is 0 Å². The maximum absolute atomic E-state index is 12.9. The Labute approximate surface area is 219 Å². The van der Waals surface area contributed by atoms with Gasteiger partial charge in [0.1, 0.15) is 18.1 Å². The smallest absolute Gasteiger partial charge is 0.267 e. The first-order chi connectivity index (χ1) is 17.8. The third-order valence-electron chi connectivity index (χ3n) is 5.36. The molecule has 0 saturated carbocycles. The number of carbonyl (C=O) groups is 3. The van der Waals surface area contributed by atoms with Gasteiger partial charge in [0.25, 0.3) is 16.0 Å². The van der Waals surface area contributed by atoms with Crippen molar-refractivity contribution >= 4 is 39.1 Å². The largest absolute Gasteiger partial charge is 0.354 e. The number of amides is 2. The number of hydrogen-bond donors (Lipinski definition) is 3. The number of nitrogens with one attached hydrogen (secondary N) is 2. The van der Waals surface area contributed by atoms with Gasteiger partial charge < -0.3 is 15.4 Å². The number of unbranched alkanes of at least 4 members (excludes halogenated alkanes) is 2. The summed E-state index contributed by atoms with van der Waals surface area (Å²) in [6, 6.07) is 25.4. The first kappa shape index (κ1) is 28.1. The molecule has 0 fully saturated rings. The maximum atomic E-state index is 12.9. The monoisotopic (exact) mass is 541 g/mol. The van der Waals surface area contributed by atoms with E-state index in [0.717, 1.165) is 21.0 Å². The molecule has 0 aromatic heterocycles. The van der Waals surface area contributed by atoms with Gasteiger partial charge >= 0.3 is 0 Å². The van der Waals surface area contributed by atoms with Crippen LogP contribution in [0.4, 0.5) is 0 Å². The molecular formula is C27H29N2O6S2+. The van der Waals surface area contributed by atoms with Gasteiger partial charge in [-0.3, -0.25) is 14.1 Å². The molecule has 3 N–H and O–H groups in total. The highest BCUT2D eigenvalue weighted by atomic mass is 32.2. The lowest BCUT2D eigenvalue weighted by atomic mass is 10.2. The van der Waals surface area contributed by atoms with Crippen LogP contribution in [-0.2, 0) is 30.6 Å². The number of benzene rings is 3. The van der Waals surface area contributed by atoms with E-state index in [1.165, 1.54) is 0 Å². The second kappa shape index (κ2) is 13.7. The zero-order valence-electron chi connectivity index (χ0n) is 20.1. The predicted octanol–water partition coefficient (Wildman–Crippen LogP) is 3.25.